The molecule has 1 amide bonds. The molecule has 4 fully saturated rings. The fraction of sp³-hybridized carbons (Fsp3) is 0.923. The molecule has 0 aromatic heterocycles. The monoisotopic (exact) mass is 449 g/mol. The van der Waals surface area contributed by atoms with Crippen LogP contribution < -0.4 is 5.73 Å². The van der Waals surface area contributed by atoms with Crippen LogP contribution in [0.5, 0.6) is 0 Å². The summed E-state index contributed by atoms with van der Waals surface area (Å²) in [7, 11) is 0. The van der Waals surface area contributed by atoms with Crippen LogP contribution in [0.1, 0.15) is 91.4 Å². The minimum atomic E-state index is -1.24. The third-order valence-electron chi connectivity index (χ3n) is 10.5. The first-order valence-electron chi connectivity index (χ1n) is 12.9. The van der Waals surface area contributed by atoms with Gasteiger partial charge in [-0.25, -0.2) is 4.79 Å². The van der Waals surface area contributed by atoms with Crippen molar-refractivity contribution in [3.63, 3.8) is 0 Å². The lowest BCUT2D eigenvalue weighted by Crippen LogP contribution is -2.65. The van der Waals surface area contributed by atoms with Crippen molar-refractivity contribution >= 4 is 12.1 Å². The Morgan fingerprint density at radius 2 is 1.81 bits per heavy atom. The van der Waals surface area contributed by atoms with Gasteiger partial charge in [0.1, 0.15) is 5.60 Å². The number of hydrogen-bond acceptors (Lipinski definition) is 4. The van der Waals surface area contributed by atoms with Crippen molar-refractivity contribution in [3.8, 4) is 0 Å². The Kier molecular flexibility index (Phi) is 6.32. The van der Waals surface area contributed by atoms with Crippen LogP contribution in [0.25, 0.3) is 0 Å². The molecule has 4 saturated carbocycles. The number of carboxylic acid groups (broad SMARTS) is 1. The summed E-state index contributed by atoms with van der Waals surface area (Å²) in [4.78, 5) is 24.7. The van der Waals surface area contributed by atoms with Gasteiger partial charge in [0.25, 0.3) is 0 Å². The molecule has 0 aromatic carbocycles. The topological polar surface area (TPSA) is 110 Å². The average molecular weight is 450 g/mol. The number of rotatable bonds is 6. The number of carbonyl (C=O) groups is 2. The predicted octanol–water partition coefficient (Wildman–Crippen LogP) is 4.97. The van der Waals surface area contributed by atoms with Crippen LogP contribution in [0.3, 0.4) is 0 Å². The van der Waals surface area contributed by atoms with E-state index in [-0.39, 0.29) is 18.4 Å². The highest BCUT2D eigenvalue weighted by Crippen LogP contribution is 2.71. The lowest BCUT2D eigenvalue weighted by molar-refractivity contribution is -0.216. The highest BCUT2D eigenvalue weighted by Gasteiger charge is 2.70. The predicted molar refractivity (Wildman–Crippen MR) is 122 cm³/mol. The average Bonchev–Trinajstić information content (AvgIpc) is 3.13. The summed E-state index contributed by atoms with van der Waals surface area (Å²) in [6, 6.07) is 0. The number of aliphatic carboxylic acids is 1. The Labute approximate surface area is 192 Å². The maximum absolute atomic E-state index is 12.6. The highest BCUT2D eigenvalue weighted by molar-refractivity contribution is 5.73. The zero-order chi connectivity index (χ0) is 23.3. The number of fused-ring (bicyclic) bond motifs is 5. The molecular weight excluding hydrogens is 406 g/mol. The van der Waals surface area contributed by atoms with E-state index in [4.69, 9.17) is 10.5 Å². The molecule has 6 heteroatoms. The van der Waals surface area contributed by atoms with Gasteiger partial charge in [0.15, 0.2) is 0 Å². The Morgan fingerprint density at radius 1 is 1.06 bits per heavy atom. The summed E-state index contributed by atoms with van der Waals surface area (Å²) in [6.07, 6.45) is 10.2. The fourth-order valence-corrected chi connectivity index (χ4v) is 9.62. The first kappa shape index (κ1) is 23.8. The molecule has 4 rings (SSSR count). The van der Waals surface area contributed by atoms with Gasteiger partial charge in [-0.3, -0.25) is 4.79 Å². The lowest BCUT2D eigenvalue weighted by atomic mass is 9.42. The summed E-state index contributed by atoms with van der Waals surface area (Å²) in [5.41, 5.74) is 3.89. The number of aliphatic hydroxyl groups is 1. The SMILES string of the molecule is CC(C)CC(CO)(OC(N)=O)[C@]12CC[C@H]3[C@@H](CCC4CCCC[C@@]43C)[C@@H]1CCC2C(=O)O. The van der Waals surface area contributed by atoms with Gasteiger partial charge in [0.05, 0.1) is 12.5 Å². The lowest BCUT2D eigenvalue weighted by Gasteiger charge is -2.64. The standard InChI is InChI=1S/C26H43NO5/c1-16(2)14-25(15-28,32-23(27)31)26-13-11-19-18(20(26)9-10-21(26)22(29)30)8-7-17-6-4-5-12-24(17,19)3/h16-21,28H,4-15H2,1-3H3,(H2,27,31)(H,29,30)/t17?,18-,19+,20+,21?,24+,25?,26-/m1/s1. The summed E-state index contributed by atoms with van der Waals surface area (Å²) in [5.74, 6) is 0.650. The van der Waals surface area contributed by atoms with E-state index in [9.17, 15) is 19.8 Å². The molecule has 0 aliphatic heterocycles. The maximum Gasteiger partial charge on any atom is 0.405 e. The smallest absolute Gasteiger partial charge is 0.405 e. The van der Waals surface area contributed by atoms with Gasteiger partial charge in [0, 0.05) is 5.41 Å². The van der Waals surface area contributed by atoms with Gasteiger partial charge < -0.3 is 20.7 Å². The van der Waals surface area contributed by atoms with Crippen LogP contribution in [-0.2, 0) is 9.53 Å². The van der Waals surface area contributed by atoms with Gasteiger partial charge in [-0.1, -0.05) is 33.6 Å². The zero-order valence-electron chi connectivity index (χ0n) is 20.1. The summed E-state index contributed by atoms with van der Waals surface area (Å²) in [5, 5.41) is 21.1. The first-order chi connectivity index (χ1) is 15.1. The van der Waals surface area contributed by atoms with Gasteiger partial charge in [-0.15, -0.1) is 0 Å². The van der Waals surface area contributed by atoms with Crippen LogP contribution in [0, 0.1) is 46.3 Å². The molecule has 8 atom stereocenters. The third-order valence-corrected chi connectivity index (χ3v) is 10.5. The van der Waals surface area contributed by atoms with E-state index in [1.807, 2.05) is 13.8 Å². The van der Waals surface area contributed by atoms with Crippen LogP contribution in [0.2, 0.25) is 0 Å². The Bertz CT molecular complexity index is 740. The molecule has 0 heterocycles. The molecule has 182 valence electrons. The van der Waals surface area contributed by atoms with Gasteiger partial charge in [-0.05, 0) is 92.8 Å². The van der Waals surface area contributed by atoms with Crippen molar-refractivity contribution in [2.75, 3.05) is 6.61 Å². The van der Waals surface area contributed by atoms with E-state index < -0.39 is 29.0 Å². The fourth-order valence-electron chi connectivity index (χ4n) is 9.62. The molecule has 0 spiro atoms. The number of carbonyl (C=O) groups excluding carboxylic acids is 1. The molecular formula is C26H43NO5. The van der Waals surface area contributed by atoms with Crippen molar-refractivity contribution in [1.82, 2.24) is 0 Å². The Balaban J connectivity index is 1.80. The van der Waals surface area contributed by atoms with Crippen LogP contribution >= 0.6 is 0 Å². The van der Waals surface area contributed by atoms with E-state index in [2.05, 4.69) is 6.92 Å². The number of nitrogens with two attached hydrogens (primary N) is 1. The van der Waals surface area contributed by atoms with Crippen LogP contribution in [-0.4, -0.2) is 34.5 Å². The van der Waals surface area contributed by atoms with Gasteiger partial charge in [-0.2, -0.15) is 0 Å². The van der Waals surface area contributed by atoms with Crippen molar-refractivity contribution in [3.05, 3.63) is 0 Å². The summed E-state index contributed by atoms with van der Waals surface area (Å²) >= 11 is 0. The van der Waals surface area contributed by atoms with E-state index in [0.29, 0.717) is 36.5 Å². The van der Waals surface area contributed by atoms with E-state index >= 15 is 0 Å². The molecule has 4 aliphatic rings. The van der Waals surface area contributed by atoms with Crippen molar-refractivity contribution in [2.24, 2.45) is 52.1 Å². The van der Waals surface area contributed by atoms with Crippen molar-refractivity contribution < 1.29 is 24.5 Å². The second kappa shape index (κ2) is 8.48. The normalized spacial score (nSPS) is 43.0. The second-order valence-corrected chi connectivity index (χ2v) is 12.1. The third kappa shape index (κ3) is 3.38. The second-order valence-electron chi connectivity index (χ2n) is 12.1. The van der Waals surface area contributed by atoms with E-state index in [0.717, 1.165) is 25.2 Å². The molecule has 0 radical (unpaired) electrons. The Hall–Kier alpha value is -1.30. The summed E-state index contributed by atoms with van der Waals surface area (Å²) < 4.78 is 5.86. The Morgan fingerprint density at radius 3 is 2.44 bits per heavy atom. The van der Waals surface area contributed by atoms with Crippen LogP contribution in [0.4, 0.5) is 4.79 Å². The number of carboxylic acids is 1. The summed E-state index contributed by atoms with van der Waals surface area (Å²) in [6.45, 7) is 6.19. The molecule has 4 N–H and O–H groups in total. The highest BCUT2D eigenvalue weighted by atomic mass is 16.6. The minimum absolute atomic E-state index is 0.135. The number of amides is 1. The molecule has 4 aliphatic carbocycles. The van der Waals surface area contributed by atoms with Crippen molar-refractivity contribution in [2.45, 2.75) is 97.0 Å². The first-order valence-corrected chi connectivity index (χ1v) is 12.9. The zero-order valence-corrected chi connectivity index (χ0v) is 20.1. The van der Waals surface area contributed by atoms with Gasteiger partial charge >= 0.3 is 12.1 Å². The number of ether oxygens (including phenoxy) is 1. The molecule has 6 nitrogen and oxygen atoms in total. The maximum atomic E-state index is 12.6. The van der Waals surface area contributed by atoms with Crippen LogP contribution in [0.15, 0.2) is 0 Å². The quantitative estimate of drug-likeness (QED) is 0.530. The van der Waals surface area contributed by atoms with Crippen molar-refractivity contribution in [1.29, 1.82) is 0 Å². The molecule has 0 bridgehead atoms. The van der Waals surface area contributed by atoms with Gasteiger partial charge in [0.2, 0.25) is 0 Å². The number of primary amides is 1. The van der Waals surface area contributed by atoms with E-state index in [1.54, 1.807) is 0 Å². The molecule has 0 saturated heterocycles. The molecule has 0 aromatic rings. The minimum Gasteiger partial charge on any atom is -0.481 e. The number of hydrogen-bond donors (Lipinski definition) is 3. The largest absolute Gasteiger partial charge is 0.481 e. The number of aliphatic hydroxyl groups excluding tert-OH is 1. The van der Waals surface area contributed by atoms with E-state index in [1.165, 1.54) is 32.1 Å². The molecule has 3 unspecified atom stereocenters. The molecule has 32 heavy (non-hydrogen) atoms.